The molecular formula is C20H20BrN5O2S. The van der Waals surface area contributed by atoms with Crippen molar-refractivity contribution >= 4 is 33.2 Å². The van der Waals surface area contributed by atoms with Gasteiger partial charge in [0.15, 0.2) is 0 Å². The Kier molecular flexibility index (Phi) is 5.18. The minimum absolute atomic E-state index is 0.454. The number of aryl methyl sites for hydroxylation is 1. The first-order chi connectivity index (χ1) is 13.8. The van der Waals surface area contributed by atoms with Crippen LogP contribution in [0.15, 0.2) is 38.7 Å². The van der Waals surface area contributed by atoms with Crippen molar-refractivity contribution in [3.8, 4) is 11.4 Å². The van der Waals surface area contributed by atoms with E-state index in [0.717, 1.165) is 43.7 Å². The van der Waals surface area contributed by atoms with E-state index in [1.807, 2.05) is 47.5 Å². The summed E-state index contributed by atoms with van der Waals surface area (Å²) < 4.78 is 10.5. The number of carbonyl (C=O) groups excluding carboxylic acids is 1. The van der Waals surface area contributed by atoms with Crippen molar-refractivity contribution in [3.05, 3.63) is 67.7 Å². The van der Waals surface area contributed by atoms with Gasteiger partial charge in [-0.1, -0.05) is 0 Å². The molecule has 7 nitrogen and oxygen atoms in total. The summed E-state index contributed by atoms with van der Waals surface area (Å²) in [6, 6.07) is 5.55. The first-order valence-corrected chi connectivity index (χ1v) is 10.7. The molecule has 0 atom stereocenters. The van der Waals surface area contributed by atoms with Crippen molar-refractivity contribution in [1.29, 1.82) is 0 Å². The first kappa shape index (κ1) is 19.7. The van der Waals surface area contributed by atoms with E-state index >= 15 is 0 Å². The Morgan fingerprint density at radius 3 is 2.69 bits per heavy atom. The van der Waals surface area contributed by atoms with Gasteiger partial charge in [-0.25, -0.2) is 4.98 Å². The van der Waals surface area contributed by atoms with Crippen molar-refractivity contribution in [2.75, 3.05) is 0 Å². The van der Waals surface area contributed by atoms with E-state index in [9.17, 15) is 4.79 Å². The number of furan rings is 1. The molecule has 4 rings (SSSR count). The molecule has 0 fully saturated rings. The summed E-state index contributed by atoms with van der Waals surface area (Å²) in [4.78, 5) is 16.7. The van der Waals surface area contributed by atoms with Gasteiger partial charge in [0.05, 0.1) is 52.2 Å². The van der Waals surface area contributed by atoms with Crippen LogP contribution >= 0.6 is 27.3 Å². The quantitative estimate of drug-likeness (QED) is 0.452. The van der Waals surface area contributed by atoms with E-state index in [0.29, 0.717) is 18.7 Å². The molecule has 1 amide bonds. The maximum absolute atomic E-state index is 11.9. The molecule has 150 valence electrons. The highest BCUT2D eigenvalue weighted by Gasteiger charge is 2.20. The van der Waals surface area contributed by atoms with Crippen LogP contribution in [-0.4, -0.2) is 25.2 Å². The number of halogens is 1. The number of thiazole rings is 1. The van der Waals surface area contributed by atoms with Gasteiger partial charge in [-0.2, -0.15) is 5.10 Å². The molecule has 0 saturated heterocycles. The summed E-state index contributed by atoms with van der Waals surface area (Å²) in [6.45, 7) is 6.96. The van der Waals surface area contributed by atoms with E-state index in [4.69, 9.17) is 15.1 Å². The largest absolute Gasteiger partial charge is 0.467 e. The van der Waals surface area contributed by atoms with Crippen LogP contribution in [0.4, 0.5) is 0 Å². The number of primary amides is 1. The normalized spacial score (nSPS) is 11.3. The van der Waals surface area contributed by atoms with E-state index in [1.54, 1.807) is 23.7 Å². The van der Waals surface area contributed by atoms with Gasteiger partial charge in [-0.15, -0.1) is 11.3 Å². The maximum atomic E-state index is 11.9. The predicted molar refractivity (Wildman–Crippen MR) is 115 cm³/mol. The third-order valence-corrected chi connectivity index (χ3v) is 6.90. The monoisotopic (exact) mass is 473 g/mol. The Labute approximate surface area is 180 Å². The Balaban J connectivity index is 1.70. The summed E-state index contributed by atoms with van der Waals surface area (Å²) in [5.41, 5.74) is 10.5. The van der Waals surface area contributed by atoms with Crippen LogP contribution in [0.5, 0.6) is 0 Å². The van der Waals surface area contributed by atoms with Crippen molar-refractivity contribution < 1.29 is 9.21 Å². The molecule has 0 saturated carbocycles. The van der Waals surface area contributed by atoms with Crippen LogP contribution in [0.2, 0.25) is 0 Å². The number of amides is 1. The second kappa shape index (κ2) is 7.64. The van der Waals surface area contributed by atoms with Crippen LogP contribution in [0.1, 0.15) is 38.2 Å². The van der Waals surface area contributed by atoms with Gasteiger partial charge in [0.25, 0.3) is 5.91 Å². The molecule has 0 bridgehead atoms. The average molecular weight is 474 g/mol. The Morgan fingerprint density at radius 2 is 2.07 bits per heavy atom. The molecule has 29 heavy (non-hydrogen) atoms. The topological polar surface area (TPSA) is 91.9 Å². The van der Waals surface area contributed by atoms with Crippen LogP contribution in [0.3, 0.4) is 0 Å². The van der Waals surface area contributed by atoms with Crippen LogP contribution in [0, 0.1) is 20.8 Å². The number of nitrogens with two attached hydrogens (primary N) is 1. The van der Waals surface area contributed by atoms with E-state index in [2.05, 4.69) is 21.0 Å². The summed E-state index contributed by atoms with van der Waals surface area (Å²) in [7, 11) is 0. The standard InChI is InChI=1S/C20H20BrN5O2S/c1-11-19(21)13(3)26(24-11)9-18-23-16(10-29-18)17-7-15(20(22)27)12(2)25(17)8-14-5-4-6-28-14/h4-7,10H,8-9H2,1-3H3,(H2,22,27). The summed E-state index contributed by atoms with van der Waals surface area (Å²) in [6.07, 6.45) is 1.64. The minimum Gasteiger partial charge on any atom is -0.467 e. The number of carbonyl (C=O) groups is 1. The molecule has 0 aliphatic carbocycles. The zero-order valence-corrected chi connectivity index (χ0v) is 18.7. The molecule has 0 radical (unpaired) electrons. The predicted octanol–water partition coefficient (Wildman–Crippen LogP) is 4.28. The maximum Gasteiger partial charge on any atom is 0.250 e. The van der Waals surface area contributed by atoms with Gasteiger partial charge >= 0.3 is 0 Å². The summed E-state index contributed by atoms with van der Waals surface area (Å²) in [5, 5.41) is 7.48. The lowest BCUT2D eigenvalue weighted by atomic mass is 10.2. The number of rotatable bonds is 6. The highest BCUT2D eigenvalue weighted by atomic mass is 79.9. The zero-order valence-electron chi connectivity index (χ0n) is 16.3. The third kappa shape index (κ3) is 3.67. The number of hydrogen-bond donors (Lipinski definition) is 1. The number of hydrogen-bond acceptors (Lipinski definition) is 5. The van der Waals surface area contributed by atoms with E-state index in [1.165, 1.54) is 0 Å². The molecule has 4 aromatic rings. The molecule has 0 spiro atoms. The van der Waals surface area contributed by atoms with Gasteiger partial charge in [-0.05, 0) is 54.9 Å². The fraction of sp³-hybridized carbons (Fsp3) is 0.250. The molecule has 2 N–H and O–H groups in total. The van der Waals surface area contributed by atoms with Gasteiger partial charge in [0.1, 0.15) is 10.8 Å². The van der Waals surface area contributed by atoms with Gasteiger partial charge in [-0.3, -0.25) is 9.48 Å². The van der Waals surface area contributed by atoms with E-state index < -0.39 is 5.91 Å². The van der Waals surface area contributed by atoms with Crippen molar-refractivity contribution in [2.24, 2.45) is 5.73 Å². The number of aromatic nitrogens is 4. The smallest absolute Gasteiger partial charge is 0.250 e. The molecule has 9 heteroatoms. The molecule has 0 unspecified atom stereocenters. The lowest BCUT2D eigenvalue weighted by Gasteiger charge is -2.09. The molecule has 0 aliphatic heterocycles. The number of nitrogens with zero attached hydrogens (tertiary/aromatic N) is 4. The highest BCUT2D eigenvalue weighted by molar-refractivity contribution is 9.10. The lowest BCUT2D eigenvalue weighted by molar-refractivity contribution is 0.0999. The zero-order chi connectivity index (χ0) is 20.7. The molecule has 4 heterocycles. The Morgan fingerprint density at radius 1 is 1.28 bits per heavy atom. The third-order valence-electron chi connectivity index (χ3n) is 4.92. The minimum atomic E-state index is -0.454. The summed E-state index contributed by atoms with van der Waals surface area (Å²) >= 11 is 5.12. The Hall–Kier alpha value is -2.65. The fourth-order valence-corrected chi connectivity index (χ4v) is 4.38. The first-order valence-electron chi connectivity index (χ1n) is 9.01. The van der Waals surface area contributed by atoms with Gasteiger partial charge in [0, 0.05) is 11.1 Å². The Bertz CT molecular complexity index is 1190. The van der Waals surface area contributed by atoms with Crippen LogP contribution in [0.25, 0.3) is 11.4 Å². The fourth-order valence-electron chi connectivity index (χ4n) is 3.33. The van der Waals surface area contributed by atoms with Gasteiger partial charge in [0.2, 0.25) is 0 Å². The lowest BCUT2D eigenvalue weighted by Crippen LogP contribution is -2.12. The summed E-state index contributed by atoms with van der Waals surface area (Å²) in [5.74, 6) is 0.341. The van der Waals surface area contributed by atoms with Crippen LogP contribution in [-0.2, 0) is 13.1 Å². The SMILES string of the molecule is Cc1nn(Cc2nc(-c3cc(C(N)=O)c(C)n3Cc3ccco3)cs2)c(C)c1Br. The van der Waals surface area contributed by atoms with Crippen molar-refractivity contribution in [1.82, 2.24) is 19.3 Å². The van der Waals surface area contributed by atoms with Crippen LogP contribution < -0.4 is 5.73 Å². The highest BCUT2D eigenvalue weighted by Crippen LogP contribution is 2.29. The molecule has 0 aliphatic rings. The van der Waals surface area contributed by atoms with E-state index in [-0.39, 0.29) is 0 Å². The second-order valence-corrected chi connectivity index (χ2v) is 8.56. The average Bonchev–Trinajstić information content (AvgIpc) is 3.45. The molecule has 4 aromatic heterocycles. The molecule has 0 aromatic carbocycles. The van der Waals surface area contributed by atoms with Crippen molar-refractivity contribution in [2.45, 2.75) is 33.9 Å². The molecular weight excluding hydrogens is 454 g/mol. The van der Waals surface area contributed by atoms with Crippen molar-refractivity contribution in [3.63, 3.8) is 0 Å². The van der Waals surface area contributed by atoms with Gasteiger partial charge < -0.3 is 14.7 Å². The second-order valence-electron chi connectivity index (χ2n) is 6.83.